The summed E-state index contributed by atoms with van der Waals surface area (Å²) in [4.78, 5) is 25.0. The second-order valence-electron chi connectivity index (χ2n) is 13.7. The fraction of sp³-hybridized carbons (Fsp3) is 0.429. The van der Waals surface area contributed by atoms with Gasteiger partial charge in [0.05, 0.1) is 12.0 Å². The van der Waals surface area contributed by atoms with E-state index in [1.807, 2.05) is 0 Å². The summed E-state index contributed by atoms with van der Waals surface area (Å²) < 4.78 is 10.9. The van der Waals surface area contributed by atoms with Crippen LogP contribution in [0, 0.1) is 5.41 Å². The third-order valence-electron chi connectivity index (χ3n) is 8.15. The maximum absolute atomic E-state index is 11.7. The standard InChI is InChI=1S/C35H41N3O4/c1-22(39)41-21-35(19-30(35)42-23(2)40)20-38-36-31-28(24-9-13-26(14-10-24)33(3,4)5)17-18-29(32(31)37-38)25-11-15-27(16-12-25)34(6,7)8/h9-18,30H,19-21H2,1-8H3. The molecule has 3 aromatic carbocycles. The van der Waals surface area contributed by atoms with Gasteiger partial charge in [-0.05, 0) is 39.5 Å². The first kappa shape index (κ1) is 29.5. The minimum Gasteiger partial charge on any atom is -0.465 e. The number of hydrogen-bond donors (Lipinski definition) is 0. The lowest BCUT2D eigenvalue weighted by Crippen LogP contribution is -2.26. The molecule has 1 aliphatic carbocycles. The number of nitrogens with zero attached hydrogens (tertiary/aromatic N) is 3. The second kappa shape index (κ2) is 10.7. The summed E-state index contributed by atoms with van der Waals surface area (Å²) in [6.45, 7) is 16.5. The van der Waals surface area contributed by atoms with E-state index in [2.05, 4.69) is 102 Å². The van der Waals surface area contributed by atoms with E-state index in [0.29, 0.717) is 13.0 Å². The van der Waals surface area contributed by atoms with Crippen molar-refractivity contribution in [2.45, 2.75) is 85.3 Å². The Kier molecular flexibility index (Phi) is 7.50. The predicted molar refractivity (Wildman–Crippen MR) is 165 cm³/mol. The third kappa shape index (κ3) is 6.10. The molecule has 7 heteroatoms. The summed E-state index contributed by atoms with van der Waals surface area (Å²) in [6.07, 6.45) is 0.234. The van der Waals surface area contributed by atoms with Crippen molar-refractivity contribution >= 4 is 23.0 Å². The molecule has 2 unspecified atom stereocenters. The van der Waals surface area contributed by atoms with Crippen LogP contribution in [0.2, 0.25) is 0 Å². The third-order valence-corrected chi connectivity index (χ3v) is 8.15. The second-order valence-corrected chi connectivity index (χ2v) is 13.7. The van der Waals surface area contributed by atoms with Crippen LogP contribution in [0.15, 0.2) is 60.7 Å². The normalized spacial score (nSPS) is 18.6. The minimum absolute atomic E-state index is 0.0546. The van der Waals surface area contributed by atoms with Crippen molar-refractivity contribution in [1.29, 1.82) is 0 Å². The van der Waals surface area contributed by atoms with Gasteiger partial charge in [0.2, 0.25) is 0 Å². The molecule has 2 atom stereocenters. The molecular formula is C35H41N3O4. The average molecular weight is 568 g/mol. The summed E-state index contributed by atoms with van der Waals surface area (Å²) in [5.74, 6) is -0.728. The van der Waals surface area contributed by atoms with Gasteiger partial charge in [-0.1, -0.05) is 102 Å². The number of esters is 2. The molecule has 1 heterocycles. The summed E-state index contributed by atoms with van der Waals surface area (Å²) in [5, 5.41) is 9.99. The molecule has 220 valence electrons. The molecule has 0 radical (unpaired) electrons. The van der Waals surface area contributed by atoms with Crippen LogP contribution in [0.4, 0.5) is 0 Å². The molecular weight excluding hydrogens is 526 g/mol. The molecule has 7 nitrogen and oxygen atoms in total. The molecule has 5 rings (SSSR count). The Hall–Kier alpha value is -4.00. The SMILES string of the molecule is CC(=O)OCC1(Cn2nc3c(-c4ccc(C(C)(C)C)cc4)ccc(-c4ccc(C(C)(C)C)cc4)c3n2)CC1OC(C)=O. The first-order valence-electron chi connectivity index (χ1n) is 14.6. The highest BCUT2D eigenvalue weighted by Gasteiger charge is 2.59. The van der Waals surface area contributed by atoms with Crippen molar-refractivity contribution in [3.8, 4) is 22.3 Å². The fourth-order valence-electron chi connectivity index (χ4n) is 5.44. The highest BCUT2D eigenvalue weighted by atomic mass is 16.6. The zero-order chi connectivity index (χ0) is 30.4. The highest BCUT2D eigenvalue weighted by Crippen LogP contribution is 2.50. The number of ether oxygens (including phenoxy) is 2. The number of hydrogen-bond acceptors (Lipinski definition) is 6. The monoisotopic (exact) mass is 567 g/mol. The lowest BCUT2D eigenvalue weighted by molar-refractivity contribution is -0.146. The van der Waals surface area contributed by atoms with Crippen LogP contribution in [-0.4, -0.2) is 39.6 Å². The van der Waals surface area contributed by atoms with Crippen LogP contribution >= 0.6 is 0 Å². The molecule has 0 bridgehead atoms. The molecule has 0 saturated heterocycles. The van der Waals surface area contributed by atoms with Gasteiger partial charge in [-0.3, -0.25) is 9.59 Å². The van der Waals surface area contributed by atoms with Gasteiger partial charge in [-0.25, -0.2) is 0 Å². The van der Waals surface area contributed by atoms with Gasteiger partial charge < -0.3 is 9.47 Å². The van der Waals surface area contributed by atoms with E-state index in [4.69, 9.17) is 19.7 Å². The van der Waals surface area contributed by atoms with Crippen molar-refractivity contribution in [1.82, 2.24) is 15.0 Å². The topological polar surface area (TPSA) is 83.3 Å². The van der Waals surface area contributed by atoms with E-state index in [0.717, 1.165) is 33.3 Å². The Morgan fingerprint density at radius 3 is 1.60 bits per heavy atom. The number of rotatable bonds is 7. The van der Waals surface area contributed by atoms with Crippen molar-refractivity contribution in [2.24, 2.45) is 5.41 Å². The number of benzene rings is 3. The van der Waals surface area contributed by atoms with Crippen molar-refractivity contribution < 1.29 is 19.1 Å². The Bertz CT molecular complexity index is 1530. The first-order chi connectivity index (χ1) is 19.7. The molecule has 0 aliphatic heterocycles. The van der Waals surface area contributed by atoms with Crippen molar-refractivity contribution in [3.05, 3.63) is 71.8 Å². The van der Waals surface area contributed by atoms with Gasteiger partial charge in [-0.15, -0.1) is 0 Å². The summed E-state index contributed by atoms with van der Waals surface area (Å²) in [7, 11) is 0. The molecule has 4 aromatic rings. The maximum atomic E-state index is 11.7. The van der Waals surface area contributed by atoms with E-state index < -0.39 is 5.41 Å². The fourth-order valence-corrected chi connectivity index (χ4v) is 5.44. The Morgan fingerprint density at radius 1 is 0.762 bits per heavy atom. The first-order valence-corrected chi connectivity index (χ1v) is 14.6. The summed E-state index contributed by atoms with van der Waals surface area (Å²) in [6, 6.07) is 21.5. The Morgan fingerprint density at radius 2 is 1.21 bits per heavy atom. The lowest BCUT2D eigenvalue weighted by Gasteiger charge is -2.19. The van der Waals surface area contributed by atoms with Crippen LogP contribution in [-0.2, 0) is 36.4 Å². The van der Waals surface area contributed by atoms with Crippen LogP contribution in [0.25, 0.3) is 33.3 Å². The molecule has 1 fully saturated rings. The predicted octanol–water partition coefficient (Wildman–Crippen LogP) is 7.25. The van der Waals surface area contributed by atoms with E-state index in [1.54, 1.807) is 4.80 Å². The maximum Gasteiger partial charge on any atom is 0.302 e. The van der Waals surface area contributed by atoms with Crippen molar-refractivity contribution in [2.75, 3.05) is 6.61 Å². The number of carbonyl (C=O) groups is 2. The average Bonchev–Trinajstić information content (AvgIpc) is 3.38. The van der Waals surface area contributed by atoms with Gasteiger partial charge in [0.25, 0.3) is 0 Å². The minimum atomic E-state index is -0.560. The summed E-state index contributed by atoms with van der Waals surface area (Å²) in [5.41, 5.74) is 7.78. The highest BCUT2D eigenvalue weighted by molar-refractivity contribution is 6.00. The van der Waals surface area contributed by atoms with E-state index in [-0.39, 0.29) is 35.5 Å². The zero-order valence-corrected chi connectivity index (χ0v) is 25.9. The molecule has 0 spiro atoms. The smallest absolute Gasteiger partial charge is 0.302 e. The molecule has 1 saturated carbocycles. The summed E-state index contributed by atoms with van der Waals surface area (Å²) >= 11 is 0. The van der Waals surface area contributed by atoms with Gasteiger partial charge in [0, 0.05) is 25.0 Å². The van der Waals surface area contributed by atoms with E-state index in [9.17, 15) is 9.59 Å². The Labute approximate surface area is 248 Å². The molecule has 1 aliphatic rings. The van der Waals surface area contributed by atoms with Gasteiger partial charge >= 0.3 is 11.9 Å². The van der Waals surface area contributed by atoms with E-state index >= 15 is 0 Å². The van der Waals surface area contributed by atoms with Crippen LogP contribution in [0.1, 0.15) is 72.9 Å². The van der Waals surface area contributed by atoms with E-state index in [1.165, 1.54) is 25.0 Å². The molecule has 0 N–H and O–H groups in total. The van der Waals surface area contributed by atoms with Crippen molar-refractivity contribution in [3.63, 3.8) is 0 Å². The van der Waals surface area contributed by atoms with Gasteiger partial charge in [0.1, 0.15) is 23.7 Å². The van der Waals surface area contributed by atoms with Gasteiger partial charge in [-0.2, -0.15) is 15.0 Å². The molecule has 42 heavy (non-hydrogen) atoms. The van der Waals surface area contributed by atoms with Crippen LogP contribution in [0.5, 0.6) is 0 Å². The van der Waals surface area contributed by atoms with Crippen LogP contribution in [0.3, 0.4) is 0 Å². The molecule has 1 aromatic heterocycles. The van der Waals surface area contributed by atoms with Crippen LogP contribution < -0.4 is 0 Å². The zero-order valence-electron chi connectivity index (χ0n) is 25.9. The largest absolute Gasteiger partial charge is 0.465 e. The Balaban J connectivity index is 1.59. The number of aromatic nitrogens is 3. The quantitative estimate of drug-likeness (QED) is 0.219. The number of fused-ring (bicyclic) bond motifs is 1. The lowest BCUT2D eigenvalue weighted by atomic mass is 9.85. The number of carbonyl (C=O) groups excluding carboxylic acids is 2. The van der Waals surface area contributed by atoms with Gasteiger partial charge in [0.15, 0.2) is 0 Å². The molecule has 0 amide bonds.